The molecule has 0 saturated carbocycles. The first-order chi connectivity index (χ1) is 14.5. The first kappa shape index (κ1) is 21.1. The summed E-state index contributed by atoms with van der Waals surface area (Å²) < 4.78 is 18.1. The maximum atomic E-state index is 12.2. The number of aromatic amines is 1. The van der Waals surface area contributed by atoms with Gasteiger partial charge in [0.25, 0.3) is 5.91 Å². The number of methoxy groups -OCH3 is 2. The van der Waals surface area contributed by atoms with Gasteiger partial charge in [0.15, 0.2) is 18.1 Å². The van der Waals surface area contributed by atoms with Crippen molar-refractivity contribution in [3.8, 4) is 17.2 Å². The molecular weight excluding hydrogens is 406 g/mol. The molecule has 0 spiro atoms. The average molecular weight is 427 g/mol. The van der Waals surface area contributed by atoms with Gasteiger partial charge in [-0.15, -0.1) is 0 Å². The van der Waals surface area contributed by atoms with E-state index in [0.717, 1.165) is 5.56 Å². The predicted molar refractivity (Wildman–Crippen MR) is 115 cm³/mol. The molecule has 0 radical (unpaired) electrons. The third-order valence-electron chi connectivity index (χ3n) is 4.06. The normalized spacial score (nSPS) is 10.8. The number of ether oxygens (including phenoxy) is 3. The van der Waals surface area contributed by atoms with Crippen LogP contribution in [0.25, 0.3) is 0 Å². The van der Waals surface area contributed by atoms with Gasteiger partial charge in [0.2, 0.25) is 4.77 Å². The summed E-state index contributed by atoms with van der Waals surface area (Å²) in [5.74, 6) is 1.79. The molecule has 3 rings (SSSR count). The number of nitrogens with one attached hydrogen (secondary N) is 2. The van der Waals surface area contributed by atoms with Gasteiger partial charge in [0, 0.05) is 0 Å². The van der Waals surface area contributed by atoms with Crippen molar-refractivity contribution in [3.63, 3.8) is 0 Å². The number of anilines is 1. The van der Waals surface area contributed by atoms with Gasteiger partial charge in [-0.05, 0) is 55.0 Å². The van der Waals surface area contributed by atoms with Gasteiger partial charge in [0.05, 0.1) is 26.1 Å². The van der Waals surface area contributed by atoms with Gasteiger partial charge in [-0.2, -0.15) is 14.9 Å². The van der Waals surface area contributed by atoms with Crippen molar-refractivity contribution in [2.24, 2.45) is 5.10 Å². The highest BCUT2D eigenvalue weighted by atomic mass is 32.1. The third-order valence-corrected chi connectivity index (χ3v) is 4.33. The second-order valence-corrected chi connectivity index (χ2v) is 6.47. The van der Waals surface area contributed by atoms with Crippen molar-refractivity contribution >= 4 is 30.0 Å². The Morgan fingerprint density at radius 2 is 1.97 bits per heavy atom. The van der Waals surface area contributed by atoms with Gasteiger partial charge in [-0.25, -0.2) is 0 Å². The highest BCUT2D eigenvalue weighted by Gasteiger charge is 2.11. The van der Waals surface area contributed by atoms with Gasteiger partial charge in [0.1, 0.15) is 11.6 Å². The Kier molecular flexibility index (Phi) is 6.81. The number of aryl methyl sites for hydroxylation is 1. The van der Waals surface area contributed by atoms with E-state index in [9.17, 15) is 4.79 Å². The van der Waals surface area contributed by atoms with Crippen LogP contribution in [-0.4, -0.2) is 47.8 Å². The van der Waals surface area contributed by atoms with E-state index in [0.29, 0.717) is 33.5 Å². The van der Waals surface area contributed by atoms with Crippen LogP contribution in [0.15, 0.2) is 47.6 Å². The summed E-state index contributed by atoms with van der Waals surface area (Å²) in [6.45, 7) is 1.60. The number of carbonyl (C=O) groups excluding carboxylic acids is 1. The second-order valence-electron chi connectivity index (χ2n) is 6.08. The van der Waals surface area contributed by atoms with Gasteiger partial charge < -0.3 is 19.5 Å². The molecule has 0 unspecified atom stereocenters. The van der Waals surface area contributed by atoms with E-state index in [-0.39, 0.29) is 12.5 Å². The summed E-state index contributed by atoms with van der Waals surface area (Å²) in [6, 6.07) is 12.4. The van der Waals surface area contributed by atoms with Crippen molar-refractivity contribution in [3.05, 3.63) is 58.6 Å². The average Bonchev–Trinajstić information content (AvgIpc) is 3.08. The zero-order valence-electron chi connectivity index (χ0n) is 16.7. The maximum absolute atomic E-state index is 12.2. The lowest BCUT2D eigenvalue weighted by Crippen LogP contribution is -2.20. The number of amides is 1. The van der Waals surface area contributed by atoms with Crippen LogP contribution >= 0.6 is 12.2 Å². The van der Waals surface area contributed by atoms with Crippen LogP contribution in [0.2, 0.25) is 0 Å². The summed E-state index contributed by atoms with van der Waals surface area (Å²) in [6.07, 6.45) is 1.62. The Bertz CT molecular complexity index is 1120. The smallest absolute Gasteiger partial charge is 0.262 e. The molecule has 1 aromatic heterocycles. The first-order valence-corrected chi connectivity index (χ1v) is 9.34. The highest BCUT2D eigenvalue weighted by molar-refractivity contribution is 7.71. The zero-order valence-corrected chi connectivity index (χ0v) is 17.5. The minimum absolute atomic E-state index is 0.189. The molecule has 10 heteroatoms. The SMILES string of the molecule is COc1ccccc1NC(=O)COc1ccc(/C=N/n2c(C)n[nH]c2=S)cc1OC. The zero-order chi connectivity index (χ0) is 21.5. The molecule has 0 aliphatic carbocycles. The molecule has 0 fully saturated rings. The van der Waals surface area contributed by atoms with Crippen molar-refractivity contribution in [1.82, 2.24) is 14.9 Å². The number of hydrogen-bond donors (Lipinski definition) is 2. The third kappa shape index (κ3) is 5.03. The quantitative estimate of drug-likeness (QED) is 0.423. The van der Waals surface area contributed by atoms with E-state index < -0.39 is 0 Å². The van der Waals surface area contributed by atoms with E-state index in [1.165, 1.54) is 11.8 Å². The number of para-hydroxylation sites is 2. The van der Waals surface area contributed by atoms with Gasteiger partial charge in [-0.3, -0.25) is 9.89 Å². The van der Waals surface area contributed by atoms with Crippen LogP contribution < -0.4 is 19.5 Å². The van der Waals surface area contributed by atoms with Gasteiger partial charge >= 0.3 is 0 Å². The molecule has 0 aliphatic heterocycles. The van der Waals surface area contributed by atoms with E-state index in [1.54, 1.807) is 56.6 Å². The van der Waals surface area contributed by atoms with Crippen LogP contribution in [0.3, 0.4) is 0 Å². The minimum Gasteiger partial charge on any atom is -0.495 e. The number of rotatable bonds is 8. The fraction of sp³-hybridized carbons (Fsp3) is 0.200. The highest BCUT2D eigenvalue weighted by Crippen LogP contribution is 2.28. The summed E-state index contributed by atoms with van der Waals surface area (Å²) in [5.41, 5.74) is 1.33. The Morgan fingerprint density at radius 1 is 1.20 bits per heavy atom. The first-order valence-electron chi connectivity index (χ1n) is 8.94. The lowest BCUT2D eigenvalue weighted by molar-refractivity contribution is -0.118. The molecule has 2 N–H and O–H groups in total. The van der Waals surface area contributed by atoms with E-state index in [2.05, 4.69) is 20.6 Å². The summed E-state index contributed by atoms with van der Waals surface area (Å²) in [7, 11) is 3.06. The molecule has 156 valence electrons. The fourth-order valence-corrected chi connectivity index (χ4v) is 2.82. The standard InChI is InChI=1S/C20H21N5O4S/c1-13-23-24-20(30)25(13)21-11-14-8-9-17(18(10-14)28-3)29-12-19(26)22-15-6-4-5-7-16(15)27-2/h4-11H,12H2,1-3H3,(H,22,26)(H,24,30)/b21-11+. The van der Waals surface area contributed by atoms with Crippen molar-refractivity contribution in [1.29, 1.82) is 0 Å². The van der Waals surface area contributed by atoms with Gasteiger partial charge in [-0.1, -0.05) is 12.1 Å². The maximum Gasteiger partial charge on any atom is 0.262 e. The van der Waals surface area contributed by atoms with E-state index >= 15 is 0 Å². The summed E-state index contributed by atoms with van der Waals surface area (Å²) in [4.78, 5) is 12.2. The minimum atomic E-state index is -0.322. The van der Waals surface area contributed by atoms with E-state index in [1.807, 2.05) is 6.07 Å². The molecule has 0 aliphatic rings. The van der Waals surface area contributed by atoms with Crippen molar-refractivity contribution in [2.45, 2.75) is 6.92 Å². The molecule has 0 saturated heterocycles. The monoisotopic (exact) mass is 427 g/mol. The van der Waals surface area contributed by atoms with Crippen LogP contribution in [0.5, 0.6) is 17.2 Å². The Balaban J connectivity index is 1.66. The largest absolute Gasteiger partial charge is 0.495 e. The number of carbonyl (C=O) groups is 1. The van der Waals surface area contributed by atoms with Crippen molar-refractivity contribution < 1.29 is 19.0 Å². The number of aromatic nitrogens is 3. The molecule has 9 nitrogen and oxygen atoms in total. The van der Waals surface area contributed by atoms with Crippen LogP contribution in [0, 0.1) is 11.7 Å². The Hall–Kier alpha value is -3.66. The molecule has 0 bridgehead atoms. The number of H-pyrrole nitrogens is 1. The molecule has 1 amide bonds. The number of nitrogens with zero attached hydrogens (tertiary/aromatic N) is 3. The Labute approximate surface area is 178 Å². The second kappa shape index (κ2) is 9.70. The number of benzene rings is 2. The van der Waals surface area contributed by atoms with E-state index in [4.69, 9.17) is 26.4 Å². The fourth-order valence-electron chi connectivity index (χ4n) is 2.59. The van der Waals surface area contributed by atoms with Crippen LogP contribution in [0.1, 0.15) is 11.4 Å². The lowest BCUT2D eigenvalue weighted by atomic mass is 10.2. The summed E-state index contributed by atoms with van der Waals surface area (Å²) >= 11 is 5.12. The summed E-state index contributed by atoms with van der Waals surface area (Å²) in [5, 5.41) is 13.7. The lowest BCUT2D eigenvalue weighted by Gasteiger charge is -2.12. The molecule has 30 heavy (non-hydrogen) atoms. The van der Waals surface area contributed by atoms with Crippen molar-refractivity contribution in [2.75, 3.05) is 26.1 Å². The Morgan fingerprint density at radius 3 is 2.67 bits per heavy atom. The topological polar surface area (TPSA) is 103 Å². The molecule has 1 heterocycles. The predicted octanol–water partition coefficient (Wildman–Crippen LogP) is 3.17. The number of hydrogen-bond acceptors (Lipinski definition) is 7. The van der Waals surface area contributed by atoms with Crippen LogP contribution in [0.4, 0.5) is 5.69 Å². The van der Waals surface area contributed by atoms with Crippen LogP contribution in [-0.2, 0) is 4.79 Å². The molecule has 3 aromatic rings. The molecule has 0 atom stereocenters. The molecular formula is C20H21N5O4S. The molecule has 2 aromatic carbocycles.